The lowest BCUT2D eigenvalue weighted by atomic mass is 10.1. The van der Waals surface area contributed by atoms with E-state index in [1.54, 1.807) is 28.4 Å². The van der Waals surface area contributed by atoms with Crippen LogP contribution >= 0.6 is 0 Å². The monoisotopic (exact) mass is 350 g/mol. The molecule has 0 unspecified atom stereocenters. The van der Waals surface area contributed by atoms with Gasteiger partial charge in [-0.2, -0.15) is 0 Å². The van der Waals surface area contributed by atoms with E-state index in [1.807, 2.05) is 0 Å². The Morgan fingerprint density at radius 3 is 0.909 bits per heavy atom. The van der Waals surface area contributed by atoms with Crippen molar-refractivity contribution in [2.24, 2.45) is 0 Å². The quantitative estimate of drug-likeness (QED) is 0.313. The summed E-state index contributed by atoms with van der Waals surface area (Å²) in [6, 6.07) is 2.22. The zero-order chi connectivity index (χ0) is 16.9. The molecule has 0 aromatic carbocycles. The Balaban J connectivity index is 3.41. The lowest BCUT2D eigenvalue weighted by molar-refractivity contribution is 0.247. The largest absolute Gasteiger partial charge is 0.398 e. The molecule has 6 heteroatoms. The Hall–Kier alpha value is 0.274. The Morgan fingerprint density at radius 1 is 0.455 bits per heavy atom. The maximum absolute atomic E-state index is 5.50. The van der Waals surface area contributed by atoms with Gasteiger partial charge < -0.3 is 17.7 Å². The van der Waals surface area contributed by atoms with Crippen molar-refractivity contribution in [1.82, 2.24) is 0 Å². The van der Waals surface area contributed by atoms with Gasteiger partial charge in [0.2, 0.25) is 0 Å². The van der Waals surface area contributed by atoms with Crippen molar-refractivity contribution in [1.29, 1.82) is 0 Å². The van der Waals surface area contributed by atoms with Gasteiger partial charge in [0.15, 0.2) is 0 Å². The molecular formula is C16H38O4Si2. The van der Waals surface area contributed by atoms with Crippen LogP contribution in [0.3, 0.4) is 0 Å². The molecule has 0 radical (unpaired) electrons. The van der Waals surface area contributed by atoms with Gasteiger partial charge in [-0.15, -0.1) is 0 Å². The van der Waals surface area contributed by atoms with Crippen molar-refractivity contribution in [3.63, 3.8) is 0 Å². The lowest BCUT2D eigenvalue weighted by Gasteiger charge is -2.22. The van der Waals surface area contributed by atoms with Crippen LogP contribution in [0.5, 0.6) is 0 Å². The van der Waals surface area contributed by atoms with Gasteiger partial charge in [-0.25, -0.2) is 0 Å². The van der Waals surface area contributed by atoms with E-state index < -0.39 is 17.1 Å². The molecule has 0 saturated heterocycles. The summed E-state index contributed by atoms with van der Waals surface area (Å²) >= 11 is 0. The highest BCUT2D eigenvalue weighted by Gasteiger charge is 2.28. The van der Waals surface area contributed by atoms with Crippen LogP contribution in [0.2, 0.25) is 25.2 Å². The second kappa shape index (κ2) is 12.7. The molecule has 0 saturated carbocycles. The lowest BCUT2D eigenvalue weighted by Crippen LogP contribution is -2.35. The average Bonchev–Trinajstić information content (AvgIpc) is 2.56. The smallest absolute Gasteiger partial charge is 0.334 e. The fraction of sp³-hybridized carbons (Fsp3) is 1.00. The van der Waals surface area contributed by atoms with E-state index in [0.717, 1.165) is 12.1 Å². The first-order valence-corrected chi connectivity index (χ1v) is 13.7. The summed E-state index contributed by atoms with van der Waals surface area (Å²) in [6.45, 7) is 4.29. The molecule has 0 aliphatic heterocycles. The number of hydrogen-bond acceptors (Lipinski definition) is 4. The van der Waals surface area contributed by atoms with E-state index >= 15 is 0 Å². The first-order chi connectivity index (χ1) is 10.4. The maximum Gasteiger partial charge on any atom is 0.334 e. The van der Waals surface area contributed by atoms with Gasteiger partial charge >= 0.3 is 17.1 Å². The molecule has 0 amide bonds. The minimum atomic E-state index is -1.83. The molecule has 0 N–H and O–H groups in total. The first-order valence-electron chi connectivity index (χ1n) is 8.66. The van der Waals surface area contributed by atoms with Crippen LogP contribution in [0.1, 0.15) is 51.4 Å². The van der Waals surface area contributed by atoms with Crippen molar-refractivity contribution < 1.29 is 17.7 Å². The number of hydrogen-bond donors (Lipinski definition) is 0. The summed E-state index contributed by atoms with van der Waals surface area (Å²) in [4.78, 5) is 0. The molecule has 0 aromatic heterocycles. The molecular weight excluding hydrogens is 312 g/mol. The molecule has 0 spiro atoms. The van der Waals surface area contributed by atoms with E-state index in [-0.39, 0.29) is 0 Å². The van der Waals surface area contributed by atoms with Crippen molar-refractivity contribution in [2.45, 2.75) is 76.5 Å². The highest BCUT2D eigenvalue weighted by atomic mass is 28.4. The molecule has 0 atom stereocenters. The topological polar surface area (TPSA) is 36.9 Å². The van der Waals surface area contributed by atoms with E-state index in [2.05, 4.69) is 13.1 Å². The van der Waals surface area contributed by atoms with Gasteiger partial charge in [0.25, 0.3) is 0 Å². The molecule has 0 aliphatic carbocycles. The molecule has 0 fully saturated rings. The van der Waals surface area contributed by atoms with E-state index in [0.29, 0.717) is 0 Å². The second-order valence-corrected chi connectivity index (χ2v) is 13.6. The van der Waals surface area contributed by atoms with E-state index in [9.17, 15) is 0 Å². The summed E-state index contributed by atoms with van der Waals surface area (Å²) in [7, 11) is 3.44. The van der Waals surface area contributed by atoms with Crippen LogP contribution in [-0.4, -0.2) is 45.6 Å². The Kier molecular flexibility index (Phi) is 12.8. The van der Waals surface area contributed by atoms with Gasteiger partial charge in [-0.3, -0.25) is 0 Å². The zero-order valence-corrected chi connectivity index (χ0v) is 17.7. The third-order valence-electron chi connectivity index (χ3n) is 4.74. The van der Waals surface area contributed by atoms with Gasteiger partial charge in [0.05, 0.1) is 0 Å². The SMILES string of the molecule is CO[Si](C)(CCCCCCCCCC[Si](C)(OC)OC)OC. The summed E-state index contributed by atoms with van der Waals surface area (Å²) < 4.78 is 22.0. The molecule has 134 valence electrons. The van der Waals surface area contributed by atoms with Crippen molar-refractivity contribution in [2.75, 3.05) is 28.4 Å². The molecule has 4 nitrogen and oxygen atoms in total. The fourth-order valence-corrected chi connectivity index (χ4v) is 5.46. The third kappa shape index (κ3) is 10.1. The van der Waals surface area contributed by atoms with Crippen LogP contribution in [-0.2, 0) is 17.7 Å². The van der Waals surface area contributed by atoms with E-state index in [4.69, 9.17) is 17.7 Å². The first kappa shape index (κ1) is 22.3. The van der Waals surface area contributed by atoms with Crippen LogP contribution in [0.15, 0.2) is 0 Å². The van der Waals surface area contributed by atoms with Crippen LogP contribution < -0.4 is 0 Å². The van der Waals surface area contributed by atoms with Gasteiger partial charge in [0, 0.05) is 28.4 Å². The molecule has 0 heterocycles. The third-order valence-corrected chi connectivity index (χ3v) is 10.7. The predicted octanol–water partition coefficient (Wildman–Crippen LogP) is 4.84. The minimum Gasteiger partial charge on any atom is -0.398 e. The summed E-state index contributed by atoms with van der Waals surface area (Å²) in [6.07, 6.45) is 10.4. The highest BCUT2D eigenvalue weighted by Crippen LogP contribution is 2.19. The number of rotatable bonds is 15. The number of unbranched alkanes of at least 4 members (excludes halogenated alkanes) is 7. The maximum atomic E-state index is 5.50. The molecule has 0 rings (SSSR count). The molecule has 0 aliphatic rings. The highest BCUT2D eigenvalue weighted by molar-refractivity contribution is 6.66. The molecule has 0 aromatic rings. The second-order valence-electron chi connectivity index (χ2n) is 6.41. The standard InChI is InChI=1S/C16H38O4Si2/c1-17-21(5,18-2)15-13-11-9-7-8-10-12-14-16-22(6,19-3)20-4/h7-16H2,1-6H3. The van der Waals surface area contributed by atoms with Crippen molar-refractivity contribution in [3.05, 3.63) is 0 Å². The van der Waals surface area contributed by atoms with Crippen molar-refractivity contribution >= 4 is 17.1 Å². The average molecular weight is 351 g/mol. The molecule has 22 heavy (non-hydrogen) atoms. The van der Waals surface area contributed by atoms with Gasteiger partial charge in [-0.1, -0.05) is 51.4 Å². The zero-order valence-electron chi connectivity index (χ0n) is 15.7. The fourth-order valence-electron chi connectivity index (χ4n) is 2.53. The normalized spacial score (nSPS) is 12.8. The van der Waals surface area contributed by atoms with Crippen LogP contribution in [0, 0.1) is 0 Å². The summed E-state index contributed by atoms with van der Waals surface area (Å²) in [5.41, 5.74) is 0. The Morgan fingerprint density at radius 2 is 0.682 bits per heavy atom. The van der Waals surface area contributed by atoms with Crippen LogP contribution in [0.25, 0.3) is 0 Å². The molecule has 0 bridgehead atoms. The minimum absolute atomic E-state index is 1.11. The van der Waals surface area contributed by atoms with Crippen molar-refractivity contribution in [3.8, 4) is 0 Å². The van der Waals surface area contributed by atoms with Gasteiger partial charge in [0.1, 0.15) is 0 Å². The predicted molar refractivity (Wildman–Crippen MR) is 97.8 cm³/mol. The Bertz CT molecular complexity index is 231. The summed E-state index contributed by atoms with van der Waals surface area (Å²) in [5.74, 6) is 0. The van der Waals surface area contributed by atoms with Crippen LogP contribution in [0.4, 0.5) is 0 Å². The summed E-state index contributed by atoms with van der Waals surface area (Å²) in [5, 5.41) is 0. The van der Waals surface area contributed by atoms with Gasteiger partial charge in [-0.05, 0) is 25.2 Å². The van der Waals surface area contributed by atoms with E-state index in [1.165, 1.54) is 51.4 Å². The Labute approximate surface area is 140 Å².